The number of carbonyl (C=O) groups is 2. The van der Waals surface area contributed by atoms with E-state index in [0.717, 1.165) is 5.56 Å². The monoisotopic (exact) mass is 407 g/mol. The molecular formula is C23H22FN3O3. The Labute approximate surface area is 173 Å². The lowest BCUT2D eigenvalue weighted by molar-refractivity contribution is -0.131. The van der Waals surface area contributed by atoms with Crippen molar-refractivity contribution in [2.75, 3.05) is 6.54 Å². The number of hydrogen-bond donors (Lipinski definition) is 1. The Kier molecular flexibility index (Phi) is 5.35. The van der Waals surface area contributed by atoms with Gasteiger partial charge in [-0.25, -0.2) is 4.39 Å². The molecule has 1 fully saturated rings. The van der Waals surface area contributed by atoms with Gasteiger partial charge in [0.05, 0.1) is 6.04 Å². The second-order valence-electron chi connectivity index (χ2n) is 7.70. The minimum absolute atomic E-state index is 0.0749. The minimum atomic E-state index is -0.608. The van der Waals surface area contributed by atoms with Crippen molar-refractivity contribution < 1.29 is 18.5 Å². The van der Waals surface area contributed by atoms with Gasteiger partial charge in [0.25, 0.3) is 5.91 Å². The highest BCUT2D eigenvalue weighted by molar-refractivity contribution is 5.97. The van der Waals surface area contributed by atoms with E-state index in [1.807, 2.05) is 44.2 Å². The summed E-state index contributed by atoms with van der Waals surface area (Å²) in [7, 11) is 0. The highest BCUT2D eigenvalue weighted by Crippen LogP contribution is 2.27. The SMILES string of the molecule is CC(C)C1C(=O)NC(c2ccccc2)CN1C(=O)c1cc(-c2ccc(F)cc2)on1. The summed E-state index contributed by atoms with van der Waals surface area (Å²) in [6.45, 7) is 4.14. The number of nitrogens with one attached hydrogen (secondary N) is 1. The van der Waals surface area contributed by atoms with Crippen LogP contribution in [-0.2, 0) is 4.79 Å². The van der Waals surface area contributed by atoms with Gasteiger partial charge in [-0.3, -0.25) is 9.59 Å². The summed E-state index contributed by atoms with van der Waals surface area (Å²) >= 11 is 0. The maximum atomic E-state index is 13.3. The van der Waals surface area contributed by atoms with E-state index in [2.05, 4.69) is 10.5 Å². The standard InChI is InChI=1S/C23H22FN3O3/c1-14(2)21-22(28)25-19(15-6-4-3-5-7-15)13-27(21)23(29)18-12-20(30-26-18)16-8-10-17(24)11-9-16/h3-12,14,19,21H,13H2,1-2H3,(H,25,28). The van der Waals surface area contributed by atoms with Crippen molar-refractivity contribution in [3.05, 3.63) is 77.7 Å². The predicted octanol–water partition coefficient (Wildman–Crippen LogP) is 3.82. The van der Waals surface area contributed by atoms with Crippen molar-refractivity contribution in [1.29, 1.82) is 0 Å². The second kappa shape index (κ2) is 8.10. The first kappa shape index (κ1) is 19.8. The summed E-state index contributed by atoms with van der Waals surface area (Å²) in [5.41, 5.74) is 1.65. The Morgan fingerprint density at radius 2 is 1.87 bits per heavy atom. The molecule has 2 unspecified atom stereocenters. The predicted molar refractivity (Wildman–Crippen MR) is 109 cm³/mol. The molecule has 6 nitrogen and oxygen atoms in total. The van der Waals surface area contributed by atoms with Gasteiger partial charge in [-0.2, -0.15) is 0 Å². The van der Waals surface area contributed by atoms with E-state index < -0.39 is 6.04 Å². The van der Waals surface area contributed by atoms with Crippen LogP contribution in [0.4, 0.5) is 4.39 Å². The molecule has 2 amide bonds. The summed E-state index contributed by atoms with van der Waals surface area (Å²) in [5.74, 6) is -0.641. The van der Waals surface area contributed by atoms with Crippen LogP contribution in [0.1, 0.15) is 35.9 Å². The molecule has 0 aliphatic carbocycles. The van der Waals surface area contributed by atoms with Crippen molar-refractivity contribution >= 4 is 11.8 Å². The number of amides is 2. The lowest BCUT2D eigenvalue weighted by Gasteiger charge is -2.41. The smallest absolute Gasteiger partial charge is 0.276 e. The van der Waals surface area contributed by atoms with Gasteiger partial charge in [0, 0.05) is 18.2 Å². The van der Waals surface area contributed by atoms with Crippen LogP contribution < -0.4 is 5.32 Å². The zero-order chi connectivity index (χ0) is 21.3. The maximum absolute atomic E-state index is 13.3. The zero-order valence-corrected chi connectivity index (χ0v) is 16.7. The molecule has 1 N–H and O–H groups in total. The van der Waals surface area contributed by atoms with Crippen LogP contribution in [0, 0.1) is 11.7 Å². The van der Waals surface area contributed by atoms with Crippen LogP contribution in [-0.4, -0.2) is 34.5 Å². The summed E-state index contributed by atoms with van der Waals surface area (Å²) in [6, 6.07) is 15.9. The minimum Gasteiger partial charge on any atom is -0.355 e. The Balaban J connectivity index is 1.63. The van der Waals surface area contributed by atoms with Crippen molar-refractivity contribution in [1.82, 2.24) is 15.4 Å². The van der Waals surface area contributed by atoms with E-state index >= 15 is 0 Å². The number of piperazine rings is 1. The summed E-state index contributed by atoms with van der Waals surface area (Å²) in [6.07, 6.45) is 0. The first-order valence-electron chi connectivity index (χ1n) is 9.83. The van der Waals surface area contributed by atoms with E-state index in [4.69, 9.17) is 4.52 Å². The lowest BCUT2D eigenvalue weighted by Crippen LogP contribution is -2.60. The van der Waals surface area contributed by atoms with Crippen LogP contribution in [0.15, 0.2) is 65.2 Å². The molecule has 1 aromatic heterocycles. The second-order valence-corrected chi connectivity index (χ2v) is 7.70. The van der Waals surface area contributed by atoms with Gasteiger partial charge in [-0.15, -0.1) is 0 Å². The third-order valence-electron chi connectivity index (χ3n) is 5.25. The Morgan fingerprint density at radius 1 is 1.17 bits per heavy atom. The average Bonchev–Trinajstić information content (AvgIpc) is 3.23. The molecule has 30 heavy (non-hydrogen) atoms. The third-order valence-corrected chi connectivity index (χ3v) is 5.25. The molecule has 0 radical (unpaired) electrons. The number of hydrogen-bond acceptors (Lipinski definition) is 4. The van der Waals surface area contributed by atoms with E-state index in [-0.39, 0.29) is 35.3 Å². The molecule has 2 atom stereocenters. The summed E-state index contributed by atoms with van der Waals surface area (Å²) in [4.78, 5) is 27.7. The lowest BCUT2D eigenvalue weighted by atomic mass is 9.94. The van der Waals surface area contributed by atoms with Crippen LogP contribution in [0.25, 0.3) is 11.3 Å². The molecule has 0 spiro atoms. The zero-order valence-electron chi connectivity index (χ0n) is 16.7. The van der Waals surface area contributed by atoms with Crippen molar-refractivity contribution in [3.63, 3.8) is 0 Å². The molecule has 0 bridgehead atoms. The van der Waals surface area contributed by atoms with Crippen LogP contribution >= 0.6 is 0 Å². The number of carbonyl (C=O) groups excluding carboxylic acids is 2. The fourth-order valence-corrected chi connectivity index (χ4v) is 3.77. The van der Waals surface area contributed by atoms with Crippen LogP contribution in [0.2, 0.25) is 0 Å². The van der Waals surface area contributed by atoms with Gasteiger partial charge < -0.3 is 14.7 Å². The number of rotatable bonds is 4. The number of aromatic nitrogens is 1. The van der Waals surface area contributed by atoms with E-state index in [9.17, 15) is 14.0 Å². The molecule has 7 heteroatoms. The van der Waals surface area contributed by atoms with Gasteiger partial charge >= 0.3 is 0 Å². The number of nitrogens with zero attached hydrogens (tertiary/aromatic N) is 2. The molecule has 1 aliphatic rings. The van der Waals surface area contributed by atoms with Gasteiger partial charge in [0.15, 0.2) is 11.5 Å². The van der Waals surface area contributed by atoms with E-state index in [1.165, 1.54) is 18.2 Å². The Morgan fingerprint density at radius 3 is 2.53 bits per heavy atom. The van der Waals surface area contributed by atoms with Crippen molar-refractivity contribution in [2.45, 2.75) is 25.9 Å². The normalized spacial score (nSPS) is 19.1. The molecule has 2 aromatic carbocycles. The van der Waals surface area contributed by atoms with E-state index in [0.29, 0.717) is 17.9 Å². The number of benzene rings is 2. The quantitative estimate of drug-likeness (QED) is 0.714. The summed E-state index contributed by atoms with van der Waals surface area (Å²) in [5, 5.41) is 6.94. The van der Waals surface area contributed by atoms with E-state index in [1.54, 1.807) is 17.0 Å². The van der Waals surface area contributed by atoms with Gasteiger partial charge in [-0.1, -0.05) is 49.3 Å². The summed E-state index contributed by atoms with van der Waals surface area (Å²) < 4.78 is 18.5. The van der Waals surface area contributed by atoms with Crippen LogP contribution in [0.3, 0.4) is 0 Å². The maximum Gasteiger partial charge on any atom is 0.276 e. The van der Waals surface area contributed by atoms with Crippen molar-refractivity contribution in [2.24, 2.45) is 5.92 Å². The third kappa shape index (κ3) is 3.83. The van der Waals surface area contributed by atoms with Gasteiger partial charge in [0.1, 0.15) is 11.9 Å². The molecule has 2 heterocycles. The fraction of sp³-hybridized carbons (Fsp3) is 0.261. The molecule has 154 valence electrons. The molecule has 4 rings (SSSR count). The Hall–Kier alpha value is -3.48. The van der Waals surface area contributed by atoms with Gasteiger partial charge in [0.2, 0.25) is 5.91 Å². The van der Waals surface area contributed by atoms with Crippen molar-refractivity contribution in [3.8, 4) is 11.3 Å². The molecular weight excluding hydrogens is 385 g/mol. The van der Waals surface area contributed by atoms with Crippen LogP contribution in [0.5, 0.6) is 0 Å². The highest BCUT2D eigenvalue weighted by Gasteiger charge is 2.40. The topological polar surface area (TPSA) is 75.4 Å². The largest absolute Gasteiger partial charge is 0.355 e. The molecule has 1 saturated heterocycles. The molecule has 1 aliphatic heterocycles. The Bertz CT molecular complexity index is 1050. The number of halogens is 1. The molecule has 0 saturated carbocycles. The van der Waals surface area contributed by atoms with Gasteiger partial charge in [-0.05, 0) is 35.7 Å². The molecule has 3 aromatic rings. The average molecular weight is 407 g/mol. The first-order valence-corrected chi connectivity index (χ1v) is 9.83. The highest BCUT2D eigenvalue weighted by atomic mass is 19.1. The fourth-order valence-electron chi connectivity index (χ4n) is 3.77. The first-order chi connectivity index (χ1) is 14.4.